The van der Waals surface area contributed by atoms with Crippen molar-refractivity contribution in [2.45, 2.75) is 275 Å². The quantitative estimate of drug-likeness (QED) is 0.125. The van der Waals surface area contributed by atoms with E-state index in [-0.39, 0.29) is 0 Å². The van der Waals surface area contributed by atoms with E-state index in [4.69, 9.17) is 4.74 Å². The third-order valence-corrected chi connectivity index (χ3v) is 13.3. The van der Waals surface area contributed by atoms with Crippen molar-refractivity contribution in [1.82, 2.24) is 61.7 Å². The molecule has 1 atom stereocenters. The number of hydrogen-bond donors (Lipinski definition) is 7. The first-order chi connectivity index (χ1) is 42.4. The minimum absolute atomic E-state index is 0.847. The summed E-state index contributed by atoms with van der Waals surface area (Å²) < 4.78 is 5.01. The summed E-state index contributed by atoms with van der Waals surface area (Å²) in [6.45, 7) is 78.8. The number of piperidine rings is 3. The predicted octanol–water partition coefficient (Wildman–Crippen LogP) is 16.0. The first-order valence-corrected chi connectivity index (χ1v) is 39.1. The molecule has 10 rings (SSSR count). The molecule has 7 N–H and O–H groups in total. The van der Waals surface area contributed by atoms with Gasteiger partial charge in [-0.05, 0) is 191 Å². The van der Waals surface area contributed by atoms with Crippen LogP contribution in [0.2, 0.25) is 0 Å². The van der Waals surface area contributed by atoms with Gasteiger partial charge in [0.05, 0.1) is 13.2 Å². The number of piperazine rings is 1. The molecule has 0 saturated carbocycles. The molecule has 10 saturated heterocycles. The van der Waals surface area contributed by atoms with Crippen molar-refractivity contribution >= 4 is 11.8 Å². The van der Waals surface area contributed by atoms with Crippen molar-refractivity contribution in [2.24, 2.45) is 0 Å². The van der Waals surface area contributed by atoms with Gasteiger partial charge in [-0.2, -0.15) is 11.8 Å². The molecule has 10 fully saturated rings. The van der Waals surface area contributed by atoms with E-state index in [1.807, 2.05) is 178 Å². The molecular formula is C72H180N12OS. The third kappa shape index (κ3) is 121. The molecule has 10 aliphatic rings. The van der Waals surface area contributed by atoms with Gasteiger partial charge in [0.2, 0.25) is 0 Å². The molecule has 0 aromatic rings. The van der Waals surface area contributed by atoms with Crippen LogP contribution in [0.4, 0.5) is 0 Å². The first kappa shape index (κ1) is 113. The number of nitrogens with zero attached hydrogens (tertiary/aromatic N) is 5. The monoisotopic (exact) mass is 1260 g/mol. The fourth-order valence-electron chi connectivity index (χ4n) is 7.61. The zero-order valence-electron chi connectivity index (χ0n) is 66.1. The molecule has 0 aliphatic carbocycles. The van der Waals surface area contributed by atoms with Crippen LogP contribution in [0.5, 0.6) is 0 Å². The van der Waals surface area contributed by atoms with E-state index >= 15 is 0 Å². The molecule has 0 spiro atoms. The maximum absolute atomic E-state index is 5.01. The average molecular weight is 1260 g/mol. The van der Waals surface area contributed by atoms with E-state index in [1.54, 1.807) is 0 Å². The minimum atomic E-state index is 0.847. The Kier molecular flexibility index (Phi) is 171. The number of thioether (sulfide) groups is 1. The van der Waals surface area contributed by atoms with Crippen LogP contribution in [0, 0.1) is 0 Å². The molecule has 14 heteroatoms. The lowest BCUT2D eigenvalue weighted by Crippen LogP contribution is -2.42. The lowest BCUT2D eigenvalue weighted by molar-refractivity contribution is 0.109. The summed E-state index contributed by atoms with van der Waals surface area (Å²) in [4.78, 5) is 11.9. The van der Waals surface area contributed by atoms with Crippen LogP contribution in [-0.4, -0.2) is 235 Å². The summed E-state index contributed by atoms with van der Waals surface area (Å²) in [6.07, 6.45) is 21.1. The summed E-state index contributed by atoms with van der Waals surface area (Å²) in [5, 5.41) is 22.4. The molecule has 86 heavy (non-hydrogen) atoms. The Morgan fingerprint density at radius 2 is 0.523 bits per heavy atom. The Morgan fingerprint density at radius 3 is 0.640 bits per heavy atom. The highest BCUT2D eigenvalue weighted by molar-refractivity contribution is 7.99. The Bertz CT molecular complexity index is 712. The zero-order chi connectivity index (χ0) is 68.8. The van der Waals surface area contributed by atoms with Crippen molar-refractivity contribution in [3.8, 4) is 0 Å². The van der Waals surface area contributed by atoms with Crippen molar-refractivity contribution in [2.75, 3.05) is 204 Å². The van der Waals surface area contributed by atoms with Crippen LogP contribution in [0.15, 0.2) is 0 Å². The van der Waals surface area contributed by atoms with Gasteiger partial charge in [0.15, 0.2) is 0 Å². The van der Waals surface area contributed by atoms with E-state index in [1.165, 1.54) is 219 Å². The fraction of sp³-hybridized carbons (Fsp3) is 1.00. The van der Waals surface area contributed by atoms with Crippen LogP contribution in [-0.2, 0) is 4.74 Å². The van der Waals surface area contributed by atoms with E-state index in [0.29, 0.717) is 0 Å². The van der Waals surface area contributed by atoms with Gasteiger partial charge in [0, 0.05) is 89.7 Å². The number of ether oxygens (including phenoxy) is 1. The topological polar surface area (TPSA) is 110 Å². The van der Waals surface area contributed by atoms with Gasteiger partial charge in [0.25, 0.3) is 0 Å². The summed E-state index contributed by atoms with van der Waals surface area (Å²) in [6, 6.07) is 0.847. The molecule has 0 bridgehead atoms. The Balaban J connectivity index is -0.0000000682. The first-order valence-electron chi connectivity index (χ1n) is 37.9. The van der Waals surface area contributed by atoms with Crippen molar-refractivity contribution in [3.63, 3.8) is 0 Å². The predicted molar refractivity (Wildman–Crippen MR) is 411 cm³/mol. The standard InChI is InChI=1S/C6H14N2.2C6H13N.3C5H11N.C4H9NO.C4H9NS.C4H9N.C3H8N2.12C2H6/c1-7-3-5-8(2)6-4-7;1-6-4-3-5-7(6)2;1-7-5-3-2-4-6-7;1-6-4-2-3-5-6;2*1-2-4-6-5-3-1;2*1-3-6-4-2-5-1;1-2-4-5-3-1;1-2-5-3-4-1;12*1-2/h3-6H2,1-2H3;6H,3-5H2,1-2H3;2-6H2,1H3;2-5H2,1H3;2*6H,1-5H2;2*5H,1-4H2;5H,1-4H2;4-5H,1-3H2;12*1-2H3. The van der Waals surface area contributed by atoms with Gasteiger partial charge < -0.3 is 66.5 Å². The molecule has 0 amide bonds. The van der Waals surface area contributed by atoms with Crippen molar-refractivity contribution in [1.29, 1.82) is 0 Å². The molecule has 0 aromatic carbocycles. The highest BCUT2D eigenvalue weighted by atomic mass is 32.2. The normalized spacial score (nSPS) is 19.4. The zero-order valence-corrected chi connectivity index (χ0v) is 66.9. The second-order valence-corrected chi connectivity index (χ2v) is 19.7. The second kappa shape index (κ2) is 130. The molecular weight excluding hydrogens is 1080 g/mol. The SMILES string of the molecule is C1CCNC1.C1CCNCC1.C1CCNCC1.C1CNCN1.C1COCCN1.C1CSCCN1.CC.CC.CC.CC.CC.CC.CC.CC.CC.CC.CC.CC.CC1CCCN1C.CN1CCCC1.CN1CCCCC1.CN1CCN(C)CC1. The van der Waals surface area contributed by atoms with Gasteiger partial charge in [-0.25, -0.2) is 0 Å². The van der Waals surface area contributed by atoms with Crippen molar-refractivity contribution in [3.05, 3.63) is 0 Å². The van der Waals surface area contributed by atoms with Gasteiger partial charge in [-0.3, -0.25) is 0 Å². The molecule has 0 radical (unpaired) electrons. The highest BCUT2D eigenvalue weighted by Gasteiger charge is 2.14. The second-order valence-electron chi connectivity index (χ2n) is 18.4. The molecule has 1 unspecified atom stereocenters. The largest absolute Gasteiger partial charge is 0.379 e. The molecule has 540 valence electrons. The Labute approximate surface area is 555 Å². The van der Waals surface area contributed by atoms with Crippen LogP contribution in [0.3, 0.4) is 0 Å². The smallest absolute Gasteiger partial charge is 0.0591 e. The van der Waals surface area contributed by atoms with Crippen LogP contribution >= 0.6 is 11.8 Å². The van der Waals surface area contributed by atoms with E-state index < -0.39 is 0 Å². The maximum Gasteiger partial charge on any atom is 0.0591 e. The number of likely N-dealkylation sites (tertiary alicyclic amines) is 3. The van der Waals surface area contributed by atoms with Gasteiger partial charge >= 0.3 is 0 Å². The lowest BCUT2D eigenvalue weighted by Gasteiger charge is -2.28. The molecule has 0 aromatic heterocycles. The maximum atomic E-state index is 5.01. The number of likely N-dealkylation sites (N-methyl/N-ethyl adjacent to an activating group) is 2. The molecule has 13 nitrogen and oxygen atoms in total. The molecule has 10 aliphatic heterocycles. The van der Waals surface area contributed by atoms with E-state index in [2.05, 4.69) is 104 Å². The minimum Gasteiger partial charge on any atom is -0.379 e. The third-order valence-electron chi connectivity index (χ3n) is 12.3. The summed E-state index contributed by atoms with van der Waals surface area (Å²) in [7, 11) is 10.9. The summed E-state index contributed by atoms with van der Waals surface area (Å²) in [5.41, 5.74) is 0. The van der Waals surface area contributed by atoms with Crippen LogP contribution in [0.25, 0.3) is 0 Å². The lowest BCUT2D eigenvalue weighted by atomic mass is 10.1. The molecule has 10 heterocycles. The van der Waals surface area contributed by atoms with Crippen LogP contribution < -0.4 is 37.2 Å². The summed E-state index contributed by atoms with van der Waals surface area (Å²) >= 11 is 2.03. The highest BCUT2D eigenvalue weighted by Crippen LogP contribution is 2.12. The van der Waals surface area contributed by atoms with Crippen LogP contribution in [0.1, 0.15) is 269 Å². The number of morpholine rings is 1. The number of hydrogen-bond acceptors (Lipinski definition) is 14. The van der Waals surface area contributed by atoms with E-state index in [0.717, 1.165) is 52.1 Å². The van der Waals surface area contributed by atoms with Gasteiger partial charge in [0.1, 0.15) is 0 Å². The number of nitrogens with one attached hydrogen (secondary N) is 7. The van der Waals surface area contributed by atoms with Crippen molar-refractivity contribution < 1.29 is 4.74 Å². The number of rotatable bonds is 0. The van der Waals surface area contributed by atoms with E-state index in [9.17, 15) is 0 Å². The van der Waals surface area contributed by atoms with Gasteiger partial charge in [-0.1, -0.05) is 185 Å². The summed E-state index contributed by atoms with van der Waals surface area (Å²) in [5.74, 6) is 2.61. The Hall–Kier alpha value is -0.170. The van der Waals surface area contributed by atoms with Gasteiger partial charge in [-0.15, -0.1) is 0 Å². The average Bonchev–Trinajstić information content (AvgIpc) is 4.56. The Morgan fingerprint density at radius 1 is 0.267 bits per heavy atom. The fourth-order valence-corrected chi connectivity index (χ4v) is 8.39.